The summed E-state index contributed by atoms with van der Waals surface area (Å²) in [6, 6.07) is 8.87. The number of piperidine rings is 1. The molecule has 1 aromatic carbocycles. The number of nitrogens with one attached hydrogen (secondary N) is 3. The monoisotopic (exact) mass is 410 g/mol. The fourth-order valence-electron chi connectivity index (χ4n) is 4.96. The molecular formula is C21H23FN6O2. The van der Waals surface area contributed by atoms with Crippen molar-refractivity contribution in [2.45, 2.75) is 37.0 Å². The zero-order chi connectivity index (χ0) is 20.7. The summed E-state index contributed by atoms with van der Waals surface area (Å²) in [7, 11) is 0. The lowest BCUT2D eigenvalue weighted by atomic mass is 9.86. The fraction of sp³-hybridized carbons (Fsp3) is 0.476. The summed E-state index contributed by atoms with van der Waals surface area (Å²) < 4.78 is 19.9. The number of fused-ring (bicyclic) bond motifs is 2. The van der Waals surface area contributed by atoms with Gasteiger partial charge in [-0.15, -0.1) is 0 Å². The molecule has 3 aliphatic rings. The number of nitriles is 1. The maximum absolute atomic E-state index is 14.2. The van der Waals surface area contributed by atoms with Crippen molar-refractivity contribution in [3.05, 3.63) is 36.3 Å². The van der Waals surface area contributed by atoms with Gasteiger partial charge in [-0.05, 0) is 37.1 Å². The van der Waals surface area contributed by atoms with Gasteiger partial charge in [0.05, 0.1) is 36.1 Å². The largest absolute Gasteiger partial charge is 0.379 e. The minimum absolute atomic E-state index is 0.0293. The first-order chi connectivity index (χ1) is 14.6. The first-order valence-corrected chi connectivity index (χ1v) is 10.2. The molecule has 4 atom stereocenters. The van der Waals surface area contributed by atoms with Gasteiger partial charge in [0, 0.05) is 36.5 Å². The normalized spacial score (nSPS) is 31.3. The van der Waals surface area contributed by atoms with E-state index in [9.17, 15) is 14.4 Å². The molecule has 2 aromatic rings. The minimum Gasteiger partial charge on any atom is -0.379 e. The molecule has 1 amide bonds. The third-order valence-corrected chi connectivity index (χ3v) is 6.44. The molecule has 0 bridgehead atoms. The van der Waals surface area contributed by atoms with E-state index in [1.807, 2.05) is 6.07 Å². The standard InChI is InChI=1S/C21H23FN6O2/c22-15-3-8-24-16-2-1-13(11-14(15)16)26-19-18-17(4-9-25-20(18)29)28(27-19)21(5-7-23)6-10-30-12-21/h1-3,8,11,17-19,26-27H,4-6,9-10,12H2,(H,25,29)/t17?,18?,19?,21-/m1/s1. The highest BCUT2D eigenvalue weighted by Crippen LogP contribution is 2.39. The van der Waals surface area contributed by atoms with Gasteiger partial charge in [0.25, 0.3) is 0 Å². The Balaban J connectivity index is 1.47. The molecule has 3 saturated heterocycles. The van der Waals surface area contributed by atoms with Gasteiger partial charge in [0.2, 0.25) is 5.91 Å². The van der Waals surface area contributed by atoms with Crippen LogP contribution in [0.4, 0.5) is 10.1 Å². The number of halogens is 1. The number of hydrazine groups is 1. The lowest BCUT2D eigenvalue weighted by Crippen LogP contribution is -2.59. The molecule has 0 aliphatic carbocycles. The van der Waals surface area contributed by atoms with E-state index in [0.29, 0.717) is 42.8 Å². The van der Waals surface area contributed by atoms with Crippen LogP contribution >= 0.6 is 0 Å². The summed E-state index contributed by atoms with van der Waals surface area (Å²) in [6.45, 7) is 1.65. The van der Waals surface area contributed by atoms with Crippen LogP contribution in [-0.2, 0) is 9.53 Å². The highest BCUT2D eigenvalue weighted by Gasteiger charge is 2.55. The SMILES string of the molecule is N#CC[C@@]1(N2NC(Nc3ccc4nccc(F)c4c3)C3C(=O)NCCC32)CCOC1. The van der Waals surface area contributed by atoms with E-state index in [1.54, 1.807) is 12.1 Å². The third kappa shape index (κ3) is 3.08. The second-order valence-corrected chi connectivity index (χ2v) is 8.18. The Morgan fingerprint density at radius 3 is 3.13 bits per heavy atom. The van der Waals surface area contributed by atoms with Crippen molar-refractivity contribution in [1.29, 1.82) is 5.26 Å². The second kappa shape index (κ2) is 7.47. The van der Waals surface area contributed by atoms with E-state index >= 15 is 0 Å². The number of benzene rings is 1. The van der Waals surface area contributed by atoms with Crippen molar-refractivity contribution in [1.82, 2.24) is 20.7 Å². The molecule has 0 radical (unpaired) electrons. The predicted molar refractivity (Wildman–Crippen MR) is 107 cm³/mol. The first-order valence-electron chi connectivity index (χ1n) is 10.2. The number of amides is 1. The lowest BCUT2D eigenvalue weighted by Gasteiger charge is -2.41. The summed E-state index contributed by atoms with van der Waals surface area (Å²) in [4.78, 5) is 17.0. The van der Waals surface area contributed by atoms with Gasteiger partial charge in [-0.25, -0.2) is 14.8 Å². The van der Waals surface area contributed by atoms with Crippen LogP contribution in [0.2, 0.25) is 0 Å². The minimum atomic E-state index is -0.453. The number of aromatic nitrogens is 1. The molecular weight excluding hydrogens is 387 g/mol. The summed E-state index contributed by atoms with van der Waals surface area (Å²) in [5.74, 6) is -0.711. The van der Waals surface area contributed by atoms with Crippen LogP contribution < -0.4 is 16.1 Å². The molecule has 4 heterocycles. The molecule has 3 fully saturated rings. The summed E-state index contributed by atoms with van der Waals surface area (Å²) in [5.41, 5.74) is 4.28. The Kier molecular flexibility index (Phi) is 4.77. The molecule has 156 valence electrons. The number of carbonyl (C=O) groups is 1. The van der Waals surface area contributed by atoms with Gasteiger partial charge in [-0.2, -0.15) is 5.26 Å². The van der Waals surface area contributed by atoms with Crippen LogP contribution in [0.1, 0.15) is 19.3 Å². The van der Waals surface area contributed by atoms with Crippen LogP contribution in [0, 0.1) is 23.1 Å². The highest BCUT2D eigenvalue weighted by molar-refractivity contribution is 5.84. The van der Waals surface area contributed by atoms with E-state index in [0.717, 1.165) is 12.8 Å². The molecule has 30 heavy (non-hydrogen) atoms. The molecule has 5 rings (SSSR count). The molecule has 8 nitrogen and oxygen atoms in total. The molecule has 1 aromatic heterocycles. The number of ether oxygens (including phenoxy) is 1. The molecule has 9 heteroatoms. The average molecular weight is 410 g/mol. The molecule has 3 unspecified atom stereocenters. The molecule has 0 saturated carbocycles. The Morgan fingerprint density at radius 1 is 1.43 bits per heavy atom. The van der Waals surface area contributed by atoms with Crippen molar-refractivity contribution in [2.75, 3.05) is 25.1 Å². The molecule has 3 N–H and O–H groups in total. The van der Waals surface area contributed by atoms with Crippen molar-refractivity contribution < 1.29 is 13.9 Å². The van der Waals surface area contributed by atoms with Crippen molar-refractivity contribution in [3.63, 3.8) is 0 Å². The fourth-order valence-corrected chi connectivity index (χ4v) is 4.96. The van der Waals surface area contributed by atoms with Crippen LogP contribution in [0.3, 0.4) is 0 Å². The van der Waals surface area contributed by atoms with Gasteiger partial charge in [0.1, 0.15) is 12.0 Å². The number of nitrogens with zero attached hydrogens (tertiary/aromatic N) is 3. The Hall–Kier alpha value is -2.80. The Morgan fingerprint density at radius 2 is 2.33 bits per heavy atom. The topological polar surface area (TPSA) is 102 Å². The zero-order valence-corrected chi connectivity index (χ0v) is 16.4. The molecule has 0 spiro atoms. The number of rotatable bonds is 4. The predicted octanol–water partition coefficient (Wildman–Crippen LogP) is 1.51. The average Bonchev–Trinajstić information content (AvgIpc) is 3.36. The van der Waals surface area contributed by atoms with E-state index < -0.39 is 5.54 Å². The number of pyridine rings is 1. The zero-order valence-electron chi connectivity index (χ0n) is 16.4. The van der Waals surface area contributed by atoms with Crippen molar-refractivity contribution in [3.8, 4) is 6.07 Å². The van der Waals surface area contributed by atoms with Crippen molar-refractivity contribution >= 4 is 22.5 Å². The van der Waals surface area contributed by atoms with Gasteiger partial charge >= 0.3 is 0 Å². The first kappa shape index (κ1) is 19.2. The quantitative estimate of drug-likeness (QED) is 0.702. The second-order valence-electron chi connectivity index (χ2n) is 8.18. The Labute approximate surface area is 173 Å². The maximum Gasteiger partial charge on any atom is 0.228 e. The summed E-state index contributed by atoms with van der Waals surface area (Å²) in [5, 5.41) is 18.3. The number of hydrogen-bond acceptors (Lipinski definition) is 7. The van der Waals surface area contributed by atoms with E-state index in [1.165, 1.54) is 12.3 Å². The third-order valence-electron chi connectivity index (χ3n) is 6.44. The van der Waals surface area contributed by atoms with E-state index in [-0.39, 0.29) is 29.8 Å². The van der Waals surface area contributed by atoms with Gasteiger partial charge < -0.3 is 15.4 Å². The number of carbonyl (C=O) groups excluding carboxylic acids is 1. The summed E-state index contributed by atoms with van der Waals surface area (Å²) >= 11 is 0. The van der Waals surface area contributed by atoms with Crippen LogP contribution in [0.25, 0.3) is 10.9 Å². The van der Waals surface area contributed by atoms with E-state index in [4.69, 9.17) is 4.74 Å². The van der Waals surface area contributed by atoms with Crippen LogP contribution in [0.15, 0.2) is 30.5 Å². The summed E-state index contributed by atoms with van der Waals surface area (Å²) in [6.07, 6.45) is 2.90. The molecule has 3 aliphatic heterocycles. The van der Waals surface area contributed by atoms with Crippen LogP contribution in [-0.4, -0.2) is 53.4 Å². The van der Waals surface area contributed by atoms with Gasteiger partial charge in [0.15, 0.2) is 0 Å². The Bertz CT molecular complexity index is 1020. The number of hydrogen-bond donors (Lipinski definition) is 3. The number of anilines is 1. The van der Waals surface area contributed by atoms with E-state index in [2.05, 4.69) is 32.1 Å². The maximum atomic E-state index is 14.2. The van der Waals surface area contributed by atoms with Crippen molar-refractivity contribution in [2.24, 2.45) is 5.92 Å². The van der Waals surface area contributed by atoms with Gasteiger partial charge in [-0.3, -0.25) is 9.78 Å². The van der Waals surface area contributed by atoms with Gasteiger partial charge in [-0.1, -0.05) is 0 Å². The highest BCUT2D eigenvalue weighted by atomic mass is 19.1. The lowest BCUT2D eigenvalue weighted by molar-refractivity contribution is -0.128. The van der Waals surface area contributed by atoms with Crippen LogP contribution in [0.5, 0.6) is 0 Å². The smallest absolute Gasteiger partial charge is 0.228 e.